The van der Waals surface area contributed by atoms with E-state index in [-0.39, 0.29) is 18.0 Å². The number of esters is 1. The zero-order valence-electron chi connectivity index (χ0n) is 12.5. The van der Waals surface area contributed by atoms with E-state index in [0.717, 1.165) is 19.3 Å². The van der Waals surface area contributed by atoms with Crippen molar-refractivity contribution in [2.45, 2.75) is 51.2 Å². The lowest BCUT2D eigenvalue weighted by atomic mass is 9.98. The Balaban J connectivity index is 1.33. The number of benzene rings is 1. The number of hydrogen-bond donors (Lipinski definition) is 0. The second-order valence-corrected chi connectivity index (χ2v) is 6.30. The molecule has 0 spiro atoms. The molecule has 0 bridgehead atoms. The van der Waals surface area contributed by atoms with Crippen LogP contribution in [0.5, 0.6) is 0 Å². The molecule has 2 fully saturated rings. The van der Waals surface area contributed by atoms with Crippen LogP contribution in [-0.2, 0) is 20.9 Å². The maximum absolute atomic E-state index is 12.0. The highest BCUT2D eigenvalue weighted by Gasteiger charge is 2.45. The molecule has 2 saturated carbocycles. The molecule has 1 aromatic carbocycles. The minimum absolute atomic E-state index is 0.00945. The van der Waals surface area contributed by atoms with Gasteiger partial charge in [0.05, 0.1) is 19.1 Å². The summed E-state index contributed by atoms with van der Waals surface area (Å²) in [5, 5.41) is 0. The van der Waals surface area contributed by atoms with Gasteiger partial charge in [0.1, 0.15) is 6.10 Å². The first-order chi connectivity index (χ1) is 10.3. The third-order valence-corrected chi connectivity index (χ3v) is 4.50. The summed E-state index contributed by atoms with van der Waals surface area (Å²) in [5.74, 6) is 0.461. The fraction of sp³-hybridized carbons (Fsp3) is 0.611. The van der Waals surface area contributed by atoms with E-state index in [9.17, 15) is 4.79 Å². The van der Waals surface area contributed by atoms with E-state index in [1.54, 1.807) is 0 Å². The maximum Gasteiger partial charge on any atom is 0.309 e. The fourth-order valence-electron chi connectivity index (χ4n) is 3.06. The van der Waals surface area contributed by atoms with Gasteiger partial charge in [-0.2, -0.15) is 0 Å². The smallest absolute Gasteiger partial charge is 0.309 e. The van der Waals surface area contributed by atoms with Gasteiger partial charge in [0.2, 0.25) is 0 Å². The molecular formula is C18H24O3. The second-order valence-electron chi connectivity index (χ2n) is 6.30. The number of ether oxygens (including phenoxy) is 2. The zero-order valence-corrected chi connectivity index (χ0v) is 12.5. The van der Waals surface area contributed by atoms with Gasteiger partial charge in [-0.25, -0.2) is 0 Å². The van der Waals surface area contributed by atoms with E-state index in [1.165, 1.54) is 24.8 Å². The van der Waals surface area contributed by atoms with E-state index in [2.05, 4.69) is 12.1 Å². The van der Waals surface area contributed by atoms with Gasteiger partial charge in [-0.15, -0.1) is 0 Å². The minimum Gasteiger partial charge on any atom is -0.462 e. The predicted molar refractivity (Wildman–Crippen MR) is 80.7 cm³/mol. The van der Waals surface area contributed by atoms with Gasteiger partial charge in [0.25, 0.3) is 0 Å². The molecule has 2 aliphatic rings. The fourth-order valence-corrected chi connectivity index (χ4v) is 3.06. The number of hydrogen-bond acceptors (Lipinski definition) is 3. The summed E-state index contributed by atoms with van der Waals surface area (Å²) in [6.07, 6.45) is 6.89. The summed E-state index contributed by atoms with van der Waals surface area (Å²) in [6, 6.07) is 10.1. The van der Waals surface area contributed by atoms with Crippen molar-refractivity contribution in [3.8, 4) is 0 Å². The zero-order chi connectivity index (χ0) is 14.5. The lowest BCUT2D eigenvalue weighted by Crippen LogP contribution is -2.22. The van der Waals surface area contributed by atoms with Gasteiger partial charge in [0, 0.05) is 0 Å². The third-order valence-electron chi connectivity index (χ3n) is 4.50. The Labute approximate surface area is 126 Å². The van der Waals surface area contributed by atoms with Crippen molar-refractivity contribution in [3.63, 3.8) is 0 Å². The van der Waals surface area contributed by atoms with Crippen molar-refractivity contribution in [2.24, 2.45) is 11.8 Å². The average Bonchev–Trinajstić information content (AvgIpc) is 3.29. The Kier molecular flexibility index (Phi) is 4.91. The molecule has 2 aliphatic carbocycles. The molecule has 3 rings (SSSR count). The summed E-state index contributed by atoms with van der Waals surface area (Å²) >= 11 is 0. The van der Waals surface area contributed by atoms with Crippen LogP contribution in [-0.4, -0.2) is 18.7 Å². The molecular weight excluding hydrogens is 264 g/mol. The van der Waals surface area contributed by atoms with Crippen molar-refractivity contribution in [2.75, 3.05) is 6.61 Å². The summed E-state index contributed by atoms with van der Waals surface area (Å²) in [5.41, 5.74) is 1.18. The van der Waals surface area contributed by atoms with Crippen LogP contribution in [0.15, 0.2) is 30.3 Å². The molecule has 0 radical (unpaired) electrons. The van der Waals surface area contributed by atoms with Crippen LogP contribution in [0.25, 0.3) is 0 Å². The topological polar surface area (TPSA) is 35.5 Å². The molecule has 1 aromatic rings. The van der Waals surface area contributed by atoms with E-state index in [1.807, 2.05) is 18.2 Å². The summed E-state index contributed by atoms with van der Waals surface area (Å²) in [7, 11) is 0. The van der Waals surface area contributed by atoms with E-state index in [4.69, 9.17) is 9.47 Å². The SMILES string of the molecule is O=C(OC1CCCCC1)C1CC1COCc1ccccc1. The van der Waals surface area contributed by atoms with Crippen molar-refractivity contribution in [1.29, 1.82) is 0 Å². The molecule has 2 unspecified atom stereocenters. The quantitative estimate of drug-likeness (QED) is 0.748. The molecule has 0 saturated heterocycles. The highest BCUT2D eigenvalue weighted by molar-refractivity contribution is 5.75. The molecule has 21 heavy (non-hydrogen) atoms. The normalized spacial score (nSPS) is 25.5. The second kappa shape index (κ2) is 7.08. The largest absolute Gasteiger partial charge is 0.462 e. The van der Waals surface area contributed by atoms with Crippen LogP contribution in [0.3, 0.4) is 0 Å². The maximum atomic E-state index is 12.0. The standard InChI is InChI=1S/C18H24O3/c19-18(21-16-9-5-2-6-10-16)17-11-15(17)13-20-12-14-7-3-1-4-8-14/h1,3-4,7-8,15-17H,2,5-6,9-13H2. The Morgan fingerprint density at radius 2 is 1.86 bits per heavy atom. The molecule has 0 aliphatic heterocycles. The van der Waals surface area contributed by atoms with E-state index >= 15 is 0 Å². The first-order valence-corrected chi connectivity index (χ1v) is 8.15. The van der Waals surface area contributed by atoms with Crippen LogP contribution in [0.4, 0.5) is 0 Å². The highest BCUT2D eigenvalue weighted by Crippen LogP contribution is 2.40. The van der Waals surface area contributed by atoms with E-state index in [0.29, 0.717) is 19.1 Å². The number of carbonyl (C=O) groups excluding carboxylic acids is 1. The predicted octanol–water partition coefficient (Wildman–Crippen LogP) is 3.72. The van der Waals surface area contributed by atoms with Gasteiger partial charge in [-0.05, 0) is 43.6 Å². The highest BCUT2D eigenvalue weighted by atomic mass is 16.5. The Morgan fingerprint density at radius 3 is 2.62 bits per heavy atom. The van der Waals surface area contributed by atoms with Gasteiger partial charge in [-0.1, -0.05) is 36.8 Å². The first kappa shape index (κ1) is 14.6. The number of carbonyl (C=O) groups is 1. The van der Waals surface area contributed by atoms with Crippen molar-refractivity contribution < 1.29 is 14.3 Å². The Hall–Kier alpha value is -1.35. The molecule has 114 valence electrons. The summed E-state index contributed by atoms with van der Waals surface area (Å²) in [4.78, 5) is 12.0. The summed E-state index contributed by atoms with van der Waals surface area (Å²) in [6.45, 7) is 1.29. The first-order valence-electron chi connectivity index (χ1n) is 8.15. The molecule has 3 heteroatoms. The van der Waals surface area contributed by atoms with Crippen LogP contribution < -0.4 is 0 Å². The molecule has 0 heterocycles. The van der Waals surface area contributed by atoms with Gasteiger partial charge in [-0.3, -0.25) is 4.79 Å². The molecule has 2 atom stereocenters. The monoisotopic (exact) mass is 288 g/mol. The van der Waals surface area contributed by atoms with Crippen LogP contribution in [0.2, 0.25) is 0 Å². The lowest BCUT2D eigenvalue weighted by Gasteiger charge is -2.21. The Morgan fingerprint density at radius 1 is 1.10 bits per heavy atom. The van der Waals surface area contributed by atoms with Crippen molar-refractivity contribution >= 4 is 5.97 Å². The van der Waals surface area contributed by atoms with Crippen LogP contribution in [0.1, 0.15) is 44.1 Å². The average molecular weight is 288 g/mol. The number of rotatable bonds is 6. The molecule has 0 amide bonds. The minimum atomic E-state index is 0.00945. The van der Waals surface area contributed by atoms with Crippen molar-refractivity contribution in [3.05, 3.63) is 35.9 Å². The van der Waals surface area contributed by atoms with Crippen LogP contribution >= 0.6 is 0 Å². The van der Waals surface area contributed by atoms with Crippen molar-refractivity contribution in [1.82, 2.24) is 0 Å². The van der Waals surface area contributed by atoms with Crippen LogP contribution in [0, 0.1) is 11.8 Å². The van der Waals surface area contributed by atoms with Gasteiger partial charge >= 0.3 is 5.97 Å². The molecule has 3 nitrogen and oxygen atoms in total. The summed E-state index contributed by atoms with van der Waals surface area (Å²) < 4.78 is 11.3. The third kappa shape index (κ3) is 4.31. The van der Waals surface area contributed by atoms with Gasteiger partial charge < -0.3 is 9.47 Å². The lowest BCUT2D eigenvalue weighted by molar-refractivity contribution is -0.152. The molecule has 0 N–H and O–H groups in total. The molecule has 0 aromatic heterocycles. The Bertz CT molecular complexity index is 451. The van der Waals surface area contributed by atoms with E-state index < -0.39 is 0 Å². The van der Waals surface area contributed by atoms with Gasteiger partial charge in [0.15, 0.2) is 0 Å².